The van der Waals surface area contributed by atoms with Crippen LogP contribution < -0.4 is 10.9 Å². The molecular weight excluding hydrogens is 304 g/mol. The van der Waals surface area contributed by atoms with Crippen LogP contribution in [-0.2, 0) is 21.2 Å². The molecule has 1 heterocycles. The summed E-state index contributed by atoms with van der Waals surface area (Å²) in [5, 5.41) is 2.51. The van der Waals surface area contributed by atoms with Crippen LogP contribution >= 0.6 is 0 Å². The number of nitrogens with one attached hydrogen (secondary N) is 2. The molecule has 0 aliphatic rings. The molecule has 22 heavy (non-hydrogen) atoms. The van der Waals surface area contributed by atoms with Gasteiger partial charge in [-0.3, -0.25) is 9.59 Å². The van der Waals surface area contributed by atoms with Crippen molar-refractivity contribution >= 4 is 15.7 Å². The van der Waals surface area contributed by atoms with E-state index in [4.69, 9.17) is 0 Å². The van der Waals surface area contributed by atoms with Gasteiger partial charge in [-0.25, -0.2) is 8.42 Å². The minimum absolute atomic E-state index is 0.00221. The molecule has 0 aromatic carbocycles. The third kappa shape index (κ3) is 6.01. The van der Waals surface area contributed by atoms with Crippen LogP contribution in [0, 0.1) is 19.8 Å². The van der Waals surface area contributed by atoms with E-state index in [9.17, 15) is 18.0 Å². The van der Waals surface area contributed by atoms with Gasteiger partial charge in [0, 0.05) is 17.8 Å². The number of aryl methyl sites for hydroxylation is 2. The van der Waals surface area contributed by atoms with Gasteiger partial charge < -0.3 is 10.3 Å². The molecule has 2 N–H and O–H groups in total. The Bertz CT molecular complexity index is 690. The first-order chi connectivity index (χ1) is 10.1. The number of amides is 1. The number of pyridine rings is 1. The van der Waals surface area contributed by atoms with E-state index in [0.717, 1.165) is 11.3 Å². The fourth-order valence-electron chi connectivity index (χ4n) is 2.03. The summed E-state index contributed by atoms with van der Waals surface area (Å²) in [7, 11) is -3.41. The molecule has 1 aromatic heterocycles. The Balaban J connectivity index is 2.62. The molecule has 0 fully saturated rings. The second-order valence-electron chi connectivity index (χ2n) is 5.99. The standard InChI is InChI=1S/C15H24N2O4S/c1-10(2)5-6-22(20,21)9-14(18)16-8-13-11(3)7-12(4)17-15(13)19/h7,10H,5-6,8-9H2,1-4H3,(H,16,18)(H,17,19). The number of H-pyrrole nitrogens is 1. The molecule has 0 atom stereocenters. The molecule has 1 aromatic rings. The summed E-state index contributed by atoms with van der Waals surface area (Å²) in [6.07, 6.45) is 0.534. The predicted molar refractivity (Wildman–Crippen MR) is 86.5 cm³/mol. The van der Waals surface area contributed by atoms with Gasteiger partial charge in [0.25, 0.3) is 5.56 Å². The summed E-state index contributed by atoms with van der Waals surface area (Å²) in [6, 6.07) is 1.81. The van der Waals surface area contributed by atoms with Gasteiger partial charge in [-0.05, 0) is 37.8 Å². The van der Waals surface area contributed by atoms with Gasteiger partial charge in [0.15, 0.2) is 9.84 Å². The van der Waals surface area contributed by atoms with Crippen LogP contribution in [0.3, 0.4) is 0 Å². The second kappa shape index (κ2) is 7.58. The van der Waals surface area contributed by atoms with Gasteiger partial charge in [0.2, 0.25) is 5.91 Å². The fourth-order valence-corrected chi connectivity index (χ4v) is 3.50. The fraction of sp³-hybridized carbons (Fsp3) is 0.600. The Labute approximate surface area is 131 Å². The van der Waals surface area contributed by atoms with Crippen molar-refractivity contribution in [1.29, 1.82) is 0 Å². The van der Waals surface area contributed by atoms with Gasteiger partial charge in [-0.1, -0.05) is 13.8 Å². The molecule has 0 unspecified atom stereocenters. The Kier molecular flexibility index (Phi) is 6.34. The average molecular weight is 328 g/mol. The Morgan fingerprint density at radius 2 is 1.95 bits per heavy atom. The lowest BCUT2D eigenvalue weighted by molar-refractivity contribution is -0.118. The van der Waals surface area contributed by atoms with Gasteiger partial charge in [-0.15, -0.1) is 0 Å². The predicted octanol–water partition coefficient (Wildman–Crippen LogP) is 1.07. The first kappa shape index (κ1) is 18.4. The molecule has 0 saturated carbocycles. The maximum absolute atomic E-state index is 11.8. The smallest absolute Gasteiger partial charge is 0.253 e. The van der Waals surface area contributed by atoms with Crippen molar-refractivity contribution < 1.29 is 13.2 Å². The zero-order valence-corrected chi connectivity index (χ0v) is 14.3. The third-order valence-electron chi connectivity index (χ3n) is 3.31. The van der Waals surface area contributed by atoms with Crippen LogP contribution in [0.15, 0.2) is 10.9 Å². The Hall–Kier alpha value is -1.63. The lowest BCUT2D eigenvalue weighted by atomic mass is 10.1. The van der Waals surface area contributed by atoms with E-state index in [-0.39, 0.29) is 23.8 Å². The largest absolute Gasteiger partial charge is 0.351 e. The number of carbonyl (C=O) groups excluding carboxylic acids is 1. The Morgan fingerprint density at radius 1 is 1.32 bits per heavy atom. The number of sulfone groups is 1. The van der Waals surface area contributed by atoms with Crippen molar-refractivity contribution in [2.75, 3.05) is 11.5 Å². The first-order valence-electron chi connectivity index (χ1n) is 7.27. The van der Waals surface area contributed by atoms with E-state index in [1.165, 1.54) is 0 Å². The van der Waals surface area contributed by atoms with Gasteiger partial charge >= 0.3 is 0 Å². The number of carbonyl (C=O) groups is 1. The van der Waals surface area contributed by atoms with Crippen molar-refractivity contribution in [3.63, 3.8) is 0 Å². The van der Waals surface area contributed by atoms with Crippen molar-refractivity contribution in [2.24, 2.45) is 5.92 Å². The SMILES string of the molecule is Cc1cc(C)c(CNC(=O)CS(=O)(=O)CCC(C)C)c(=O)[nH]1. The second-order valence-corrected chi connectivity index (χ2v) is 8.18. The van der Waals surface area contributed by atoms with Crippen LogP contribution in [0.4, 0.5) is 0 Å². The number of hydrogen-bond donors (Lipinski definition) is 2. The minimum Gasteiger partial charge on any atom is -0.351 e. The van der Waals surface area contributed by atoms with Crippen LogP contribution in [0.25, 0.3) is 0 Å². The van der Waals surface area contributed by atoms with E-state index in [1.807, 2.05) is 19.9 Å². The molecular formula is C15H24N2O4S. The molecule has 0 spiro atoms. The normalized spacial score (nSPS) is 11.7. The molecule has 7 heteroatoms. The highest BCUT2D eigenvalue weighted by molar-refractivity contribution is 7.92. The Morgan fingerprint density at radius 3 is 2.50 bits per heavy atom. The molecule has 1 rings (SSSR count). The topological polar surface area (TPSA) is 96.1 Å². The number of aromatic amines is 1. The number of hydrogen-bond acceptors (Lipinski definition) is 4. The average Bonchev–Trinajstić information content (AvgIpc) is 2.34. The van der Waals surface area contributed by atoms with Crippen LogP contribution in [0.2, 0.25) is 0 Å². The monoisotopic (exact) mass is 328 g/mol. The van der Waals surface area contributed by atoms with Crippen LogP contribution in [-0.4, -0.2) is 30.8 Å². The van der Waals surface area contributed by atoms with Crippen molar-refractivity contribution in [3.8, 4) is 0 Å². The summed E-state index contributed by atoms with van der Waals surface area (Å²) >= 11 is 0. The number of rotatable bonds is 7. The van der Waals surface area contributed by atoms with E-state index in [1.54, 1.807) is 13.8 Å². The maximum Gasteiger partial charge on any atom is 0.253 e. The highest BCUT2D eigenvalue weighted by Gasteiger charge is 2.17. The molecule has 0 aliphatic carbocycles. The lowest BCUT2D eigenvalue weighted by Gasteiger charge is -2.09. The third-order valence-corrected chi connectivity index (χ3v) is 4.87. The van der Waals surface area contributed by atoms with E-state index < -0.39 is 21.5 Å². The molecule has 124 valence electrons. The molecule has 0 bridgehead atoms. The highest BCUT2D eigenvalue weighted by atomic mass is 32.2. The first-order valence-corrected chi connectivity index (χ1v) is 9.09. The molecule has 0 radical (unpaired) electrons. The summed E-state index contributed by atoms with van der Waals surface area (Å²) in [5.41, 5.74) is 1.69. The van der Waals surface area contributed by atoms with Gasteiger partial charge in [-0.2, -0.15) is 0 Å². The van der Waals surface area contributed by atoms with Gasteiger partial charge in [0.1, 0.15) is 5.75 Å². The molecule has 1 amide bonds. The molecule has 0 saturated heterocycles. The highest BCUT2D eigenvalue weighted by Crippen LogP contribution is 2.05. The van der Waals surface area contributed by atoms with E-state index in [0.29, 0.717) is 12.0 Å². The lowest BCUT2D eigenvalue weighted by Crippen LogP contribution is -2.33. The van der Waals surface area contributed by atoms with E-state index in [2.05, 4.69) is 10.3 Å². The van der Waals surface area contributed by atoms with Crippen LogP contribution in [0.1, 0.15) is 37.1 Å². The summed E-state index contributed by atoms with van der Waals surface area (Å²) in [5.74, 6) is -0.847. The number of aromatic nitrogens is 1. The van der Waals surface area contributed by atoms with E-state index >= 15 is 0 Å². The van der Waals surface area contributed by atoms with Crippen molar-refractivity contribution in [2.45, 2.75) is 40.7 Å². The summed E-state index contributed by atoms with van der Waals surface area (Å²) in [6.45, 7) is 7.45. The molecule has 0 aliphatic heterocycles. The zero-order valence-electron chi connectivity index (χ0n) is 13.5. The zero-order chi connectivity index (χ0) is 16.9. The quantitative estimate of drug-likeness (QED) is 0.782. The van der Waals surface area contributed by atoms with Crippen LogP contribution in [0.5, 0.6) is 0 Å². The van der Waals surface area contributed by atoms with Crippen molar-refractivity contribution in [3.05, 3.63) is 33.2 Å². The minimum atomic E-state index is -3.41. The molecule has 6 nitrogen and oxygen atoms in total. The summed E-state index contributed by atoms with van der Waals surface area (Å²) < 4.78 is 23.6. The van der Waals surface area contributed by atoms with Gasteiger partial charge in [0.05, 0.1) is 5.75 Å². The maximum atomic E-state index is 11.8. The van der Waals surface area contributed by atoms with Crippen molar-refractivity contribution in [1.82, 2.24) is 10.3 Å². The summed E-state index contributed by atoms with van der Waals surface area (Å²) in [4.78, 5) is 26.2.